The fourth-order valence-electron chi connectivity index (χ4n) is 9.20. The van der Waals surface area contributed by atoms with Gasteiger partial charge in [0.1, 0.15) is 0 Å². The number of halogens is 2. The maximum absolute atomic E-state index is 15.3. The quantitative estimate of drug-likeness (QED) is 0.0895. The van der Waals surface area contributed by atoms with E-state index in [-0.39, 0.29) is 57.3 Å². The van der Waals surface area contributed by atoms with E-state index in [0.717, 1.165) is 4.90 Å². The lowest BCUT2D eigenvalue weighted by atomic mass is 9.44. The third kappa shape index (κ3) is 5.09. The number of Topliss-reactive ketones (excluding diaryl/α,β-unsaturated/α-hetero) is 1. The topological polar surface area (TPSA) is 144 Å². The molecule has 3 aliphatic carbocycles. The predicted octanol–water partition coefficient (Wildman–Crippen LogP) is 7.86. The summed E-state index contributed by atoms with van der Waals surface area (Å²) in [5.41, 5.74) is 1.06. The van der Waals surface area contributed by atoms with Gasteiger partial charge >= 0.3 is 0 Å². The highest BCUT2D eigenvalue weighted by molar-refractivity contribution is 9.13. The van der Waals surface area contributed by atoms with Crippen LogP contribution in [-0.2, 0) is 24.6 Å². The molecule has 1 N–H and O–H groups in total. The number of benzene rings is 4. The van der Waals surface area contributed by atoms with E-state index < -0.39 is 51.7 Å². The van der Waals surface area contributed by atoms with Gasteiger partial charge in [-0.3, -0.25) is 29.3 Å². The highest BCUT2D eigenvalue weighted by Gasteiger charge is 2.66. The van der Waals surface area contributed by atoms with Crippen LogP contribution in [-0.4, -0.2) is 40.5 Å². The Morgan fingerprint density at radius 2 is 1.58 bits per heavy atom. The van der Waals surface area contributed by atoms with E-state index >= 15 is 9.59 Å². The van der Waals surface area contributed by atoms with Gasteiger partial charge in [-0.2, -0.15) is 0 Å². The minimum atomic E-state index is -1.50. The number of amides is 2. The Morgan fingerprint density at radius 1 is 0.887 bits per heavy atom. The van der Waals surface area contributed by atoms with E-state index in [1.165, 1.54) is 37.5 Å². The normalized spacial score (nSPS) is 26.3. The molecule has 12 heteroatoms. The van der Waals surface area contributed by atoms with Gasteiger partial charge in [0, 0.05) is 34.0 Å². The van der Waals surface area contributed by atoms with Crippen molar-refractivity contribution in [2.75, 3.05) is 12.0 Å². The largest absolute Gasteiger partial charge is 0.503 e. The second-order valence-corrected chi connectivity index (χ2v) is 15.3. The molecule has 10 nitrogen and oxygen atoms in total. The summed E-state index contributed by atoms with van der Waals surface area (Å²) in [6, 6.07) is 25.2. The van der Waals surface area contributed by atoms with Crippen LogP contribution >= 0.6 is 31.9 Å². The zero-order chi connectivity index (χ0) is 37.3. The lowest BCUT2D eigenvalue weighted by molar-refractivity contribution is -0.384. The van der Waals surface area contributed by atoms with Gasteiger partial charge in [-0.25, -0.2) is 4.90 Å². The number of anilines is 1. The van der Waals surface area contributed by atoms with E-state index in [9.17, 15) is 24.8 Å². The number of imide groups is 1. The second-order valence-electron chi connectivity index (χ2n) is 13.7. The molecular formula is C41H30Br2N2O8. The van der Waals surface area contributed by atoms with Crippen LogP contribution in [0.25, 0.3) is 5.57 Å². The van der Waals surface area contributed by atoms with E-state index in [2.05, 4.69) is 31.9 Å². The molecule has 8 rings (SSSR count). The number of nitrogens with zero attached hydrogens (tertiary/aromatic N) is 2. The molecule has 1 heterocycles. The van der Waals surface area contributed by atoms with Gasteiger partial charge in [-0.1, -0.05) is 78.4 Å². The number of non-ortho nitro benzene ring substituents is 1. The molecule has 2 fully saturated rings. The Labute approximate surface area is 320 Å². The number of allylic oxidation sites excluding steroid dienone is 4. The van der Waals surface area contributed by atoms with Crippen LogP contribution in [0.4, 0.5) is 11.4 Å². The van der Waals surface area contributed by atoms with Crippen LogP contribution in [0.5, 0.6) is 11.5 Å². The van der Waals surface area contributed by atoms with Crippen molar-refractivity contribution in [2.24, 2.45) is 23.7 Å². The molecule has 266 valence electrons. The molecule has 4 aromatic carbocycles. The number of rotatable bonds is 6. The molecule has 4 aliphatic rings. The fraction of sp³-hybridized carbons (Fsp3) is 0.220. The average molecular weight is 839 g/mol. The van der Waals surface area contributed by atoms with E-state index in [4.69, 9.17) is 4.74 Å². The monoisotopic (exact) mass is 836 g/mol. The lowest BCUT2D eigenvalue weighted by Crippen LogP contribution is -2.59. The number of carbonyl (C=O) groups is 4. The Hall–Kier alpha value is -5.20. The highest BCUT2D eigenvalue weighted by atomic mass is 79.9. The first kappa shape index (κ1) is 34.9. The van der Waals surface area contributed by atoms with Crippen molar-refractivity contribution in [3.05, 3.63) is 144 Å². The summed E-state index contributed by atoms with van der Waals surface area (Å²) < 4.78 is 6.31. The maximum Gasteiger partial charge on any atom is 0.271 e. The predicted molar refractivity (Wildman–Crippen MR) is 202 cm³/mol. The molecule has 0 aromatic heterocycles. The number of carbonyl (C=O) groups excluding carboxylic acids is 4. The van der Waals surface area contributed by atoms with Gasteiger partial charge in [0.15, 0.2) is 23.1 Å². The van der Waals surface area contributed by atoms with Crippen LogP contribution in [0.15, 0.2) is 118 Å². The SMILES string of the molecule is COc1cc([C@H]2C3=CC[C@@H]4C(=O)N(c5cccc([N+](=O)[O-])c5)C(=O)[C@@H]4[C@@H]3C[C@H]3C(=O)C(c4ccccc4)=CC(=O)[C@@]23c2ccccc2)c(Br)c(Br)c1O. The molecule has 1 saturated carbocycles. The first-order valence-corrected chi connectivity index (χ1v) is 18.6. The first-order valence-electron chi connectivity index (χ1n) is 17.0. The highest BCUT2D eigenvalue weighted by Crippen LogP contribution is 2.65. The van der Waals surface area contributed by atoms with Crippen molar-refractivity contribution < 1.29 is 33.9 Å². The number of phenols is 1. The summed E-state index contributed by atoms with van der Waals surface area (Å²) in [4.78, 5) is 71.2. The number of nitro groups is 1. The van der Waals surface area contributed by atoms with Crippen LogP contribution in [0.1, 0.15) is 35.4 Å². The second kappa shape index (κ2) is 13.0. The van der Waals surface area contributed by atoms with Gasteiger partial charge in [0.05, 0.1) is 39.4 Å². The molecule has 0 radical (unpaired) electrons. The molecule has 53 heavy (non-hydrogen) atoms. The van der Waals surface area contributed by atoms with E-state index in [1.807, 2.05) is 42.5 Å². The zero-order valence-electron chi connectivity index (χ0n) is 28.1. The minimum Gasteiger partial charge on any atom is -0.503 e. The number of hydrogen-bond acceptors (Lipinski definition) is 8. The molecule has 1 aliphatic heterocycles. The summed E-state index contributed by atoms with van der Waals surface area (Å²) in [6.07, 6.45) is 3.62. The Morgan fingerprint density at radius 3 is 2.26 bits per heavy atom. The summed E-state index contributed by atoms with van der Waals surface area (Å²) in [7, 11) is 1.42. The van der Waals surface area contributed by atoms with E-state index in [0.29, 0.717) is 26.7 Å². The van der Waals surface area contributed by atoms with Crippen molar-refractivity contribution >= 4 is 72.2 Å². The number of phenolic OH excluding ortho intramolecular Hbond substituents is 1. The van der Waals surface area contributed by atoms with Crippen molar-refractivity contribution in [3.8, 4) is 11.5 Å². The number of methoxy groups -OCH3 is 1. The average Bonchev–Trinajstić information content (AvgIpc) is 3.44. The van der Waals surface area contributed by atoms with Gasteiger partial charge in [0.2, 0.25) is 11.8 Å². The van der Waals surface area contributed by atoms with Crippen LogP contribution in [0, 0.1) is 33.8 Å². The molecule has 6 atom stereocenters. The van der Waals surface area contributed by atoms with Crippen LogP contribution in [0.3, 0.4) is 0 Å². The van der Waals surface area contributed by atoms with Crippen molar-refractivity contribution in [3.63, 3.8) is 0 Å². The van der Waals surface area contributed by atoms with Crippen molar-refractivity contribution in [2.45, 2.75) is 24.2 Å². The summed E-state index contributed by atoms with van der Waals surface area (Å²) in [5.74, 6) is -5.80. The molecule has 4 aromatic rings. The molecule has 0 bridgehead atoms. The lowest BCUT2D eigenvalue weighted by Gasteiger charge is -2.55. The number of nitro benzene ring substituents is 1. The number of hydrogen-bond donors (Lipinski definition) is 1. The van der Waals surface area contributed by atoms with Crippen LogP contribution < -0.4 is 9.64 Å². The summed E-state index contributed by atoms with van der Waals surface area (Å²) in [6.45, 7) is 0. The van der Waals surface area contributed by atoms with Crippen molar-refractivity contribution in [1.82, 2.24) is 0 Å². The molecule has 0 unspecified atom stereocenters. The van der Waals surface area contributed by atoms with Crippen molar-refractivity contribution in [1.29, 1.82) is 0 Å². The Balaban J connectivity index is 1.38. The minimum absolute atomic E-state index is 0.0863. The number of aromatic hydroxyl groups is 1. The van der Waals surface area contributed by atoms with Gasteiger partial charge in [-0.15, -0.1) is 0 Å². The van der Waals surface area contributed by atoms with E-state index in [1.54, 1.807) is 30.3 Å². The Kier molecular flexibility index (Phi) is 8.57. The fourth-order valence-corrected chi connectivity index (χ4v) is 10.2. The standard InChI is InChI=1S/C41H30Br2N2O8/c1-53-31-19-29(35(42)36(43)38(31)48)34-25-15-16-26-33(40(50)44(39(26)49)23-13-8-14-24(17-23)45(51)52)28(25)18-30-37(47)27(21-9-4-2-5-10-21)20-32(46)41(30,34)22-11-6-3-7-12-22/h2-15,17,19-20,26,28,30,33-34,48H,16,18H2,1H3/t26-,28+,30-,33-,34+,41-/m0/s1. The molecular weight excluding hydrogens is 808 g/mol. The molecule has 1 saturated heterocycles. The number of fused-ring (bicyclic) bond motifs is 4. The Bertz CT molecular complexity index is 2320. The smallest absolute Gasteiger partial charge is 0.271 e. The first-order chi connectivity index (χ1) is 25.5. The zero-order valence-corrected chi connectivity index (χ0v) is 31.2. The third-order valence-electron chi connectivity index (χ3n) is 11.4. The molecule has 2 amide bonds. The third-order valence-corrected chi connectivity index (χ3v) is 13.5. The summed E-state index contributed by atoms with van der Waals surface area (Å²) in [5, 5.41) is 22.6. The summed E-state index contributed by atoms with van der Waals surface area (Å²) >= 11 is 7.20. The van der Waals surface area contributed by atoms with Gasteiger partial charge < -0.3 is 9.84 Å². The van der Waals surface area contributed by atoms with Crippen LogP contribution in [0.2, 0.25) is 0 Å². The number of ether oxygens (including phenoxy) is 1. The van der Waals surface area contributed by atoms with Gasteiger partial charge in [-0.05, 0) is 85.5 Å². The van der Waals surface area contributed by atoms with Gasteiger partial charge in [0.25, 0.3) is 5.69 Å². The number of ketones is 2. The maximum atomic E-state index is 15.3. The molecule has 0 spiro atoms.